The molecule has 0 amide bonds. The zero-order valence-electron chi connectivity index (χ0n) is 6.87. The molecule has 72 valence electrons. The van der Waals surface area contributed by atoms with Crippen molar-refractivity contribution < 1.29 is 17.6 Å². The maximum atomic E-state index is 12.9. The van der Waals surface area contributed by atoms with E-state index in [0.29, 0.717) is 12.8 Å². The molecule has 0 nitrogen and oxygen atoms in total. The van der Waals surface area contributed by atoms with Crippen LogP contribution < -0.4 is 0 Å². The van der Waals surface area contributed by atoms with Gasteiger partial charge in [-0.3, -0.25) is 0 Å². The maximum absolute atomic E-state index is 12.9. The van der Waals surface area contributed by atoms with Gasteiger partial charge >= 0.3 is 6.18 Å². The highest BCUT2D eigenvalue weighted by Crippen LogP contribution is 2.42. The lowest BCUT2D eigenvalue weighted by Gasteiger charge is -2.33. The fraction of sp³-hybridized carbons (Fsp3) is 1.00. The van der Waals surface area contributed by atoms with E-state index in [4.69, 9.17) is 0 Å². The van der Waals surface area contributed by atoms with Crippen molar-refractivity contribution >= 4 is 0 Å². The van der Waals surface area contributed by atoms with E-state index in [1.165, 1.54) is 6.92 Å². The first-order chi connectivity index (χ1) is 5.43. The van der Waals surface area contributed by atoms with E-state index in [1.807, 2.05) is 0 Å². The smallest absolute Gasteiger partial charge is 0.247 e. The standard InChI is InChI=1S/C8H12F4/c1-5-3-2-4-6(9)7(5)8(10,11)12/h5-7H,2-4H2,1H3/t5-,6-,7?/m1/s1. The van der Waals surface area contributed by atoms with Crippen LogP contribution in [0.25, 0.3) is 0 Å². The molecule has 0 radical (unpaired) electrons. The zero-order valence-corrected chi connectivity index (χ0v) is 6.87. The second-order valence-corrected chi connectivity index (χ2v) is 3.49. The largest absolute Gasteiger partial charge is 0.394 e. The summed E-state index contributed by atoms with van der Waals surface area (Å²) in [4.78, 5) is 0. The second kappa shape index (κ2) is 3.23. The van der Waals surface area contributed by atoms with E-state index < -0.39 is 24.2 Å². The van der Waals surface area contributed by atoms with Crippen LogP contribution in [0, 0.1) is 11.8 Å². The number of hydrogen-bond donors (Lipinski definition) is 0. The zero-order chi connectivity index (χ0) is 9.35. The lowest BCUT2D eigenvalue weighted by atomic mass is 9.79. The first-order valence-electron chi connectivity index (χ1n) is 4.13. The van der Waals surface area contributed by atoms with Crippen LogP contribution in [0.4, 0.5) is 17.6 Å². The van der Waals surface area contributed by atoms with Crippen molar-refractivity contribution in [3.63, 3.8) is 0 Å². The first-order valence-corrected chi connectivity index (χ1v) is 4.13. The van der Waals surface area contributed by atoms with E-state index >= 15 is 0 Å². The van der Waals surface area contributed by atoms with Crippen molar-refractivity contribution in [1.82, 2.24) is 0 Å². The highest BCUT2D eigenvalue weighted by Gasteiger charge is 2.49. The van der Waals surface area contributed by atoms with Gasteiger partial charge in [0.15, 0.2) is 0 Å². The molecular weight excluding hydrogens is 172 g/mol. The van der Waals surface area contributed by atoms with Gasteiger partial charge in [-0.2, -0.15) is 13.2 Å². The molecule has 0 saturated heterocycles. The molecule has 0 aliphatic heterocycles. The lowest BCUT2D eigenvalue weighted by Crippen LogP contribution is -2.39. The Morgan fingerprint density at radius 2 is 1.75 bits per heavy atom. The molecule has 0 aromatic carbocycles. The van der Waals surface area contributed by atoms with Gasteiger partial charge in [0.25, 0.3) is 0 Å². The van der Waals surface area contributed by atoms with Crippen LogP contribution in [0.2, 0.25) is 0 Å². The van der Waals surface area contributed by atoms with Crippen LogP contribution in [0.1, 0.15) is 26.2 Å². The Hall–Kier alpha value is -0.280. The predicted molar refractivity (Wildman–Crippen MR) is 37.5 cm³/mol. The quantitative estimate of drug-likeness (QED) is 0.506. The molecule has 1 saturated carbocycles. The molecule has 0 aromatic rings. The summed E-state index contributed by atoms with van der Waals surface area (Å²) in [6.07, 6.45) is -4.92. The van der Waals surface area contributed by atoms with Crippen LogP contribution >= 0.6 is 0 Å². The summed E-state index contributed by atoms with van der Waals surface area (Å²) in [7, 11) is 0. The van der Waals surface area contributed by atoms with Gasteiger partial charge in [0.05, 0.1) is 5.92 Å². The normalized spacial score (nSPS) is 38.2. The van der Waals surface area contributed by atoms with E-state index in [0.717, 1.165) is 0 Å². The third-order valence-electron chi connectivity index (χ3n) is 2.52. The summed E-state index contributed by atoms with van der Waals surface area (Å²) in [6.45, 7) is 1.48. The van der Waals surface area contributed by atoms with Crippen molar-refractivity contribution in [2.24, 2.45) is 11.8 Å². The number of rotatable bonds is 0. The molecule has 0 spiro atoms. The van der Waals surface area contributed by atoms with Crippen molar-refractivity contribution in [2.75, 3.05) is 0 Å². The van der Waals surface area contributed by atoms with Gasteiger partial charge in [0.1, 0.15) is 6.17 Å². The van der Waals surface area contributed by atoms with Crippen molar-refractivity contribution in [3.8, 4) is 0 Å². The first kappa shape index (κ1) is 9.81. The van der Waals surface area contributed by atoms with Crippen molar-refractivity contribution in [1.29, 1.82) is 0 Å². The molecule has 1 aliphatic carbocycles. The minimum absolute atomic E-state index is 0.0640. The van der Waals surface area contributed by atoms with Crippen LogP contribution in [-0.2, 0) is 0 Å². The fourth-order valence-electron chi connectivity index (χ4n) is 1.88. The van der Waals surface area contributed by atoms with Gasteiger partial charge < -0.3 is 0 Å². The van der Waals surface area contributed by atoms with E-state index in [1.54, 1.807) is 0 Å². The maximum Gasteiger partial charge on any atom is 0.394 e. The Kier molecular flexibility index (Phi) is 2.64. The third-order valence-corrected chi connectivity index (χ3v) is 2.52. The predicted octanol–water partition coefficient (Wildman–Crippen LogP) is 3.32. The fourth-order valence-corrected chi connectivity index (χ4v) is 1.88. The van der Waals surface area contributed by atoms with Gasteiger partial charge in [-0.05, 0) is 18.8 Å². The minimum atomic E-state index is -4.36. The molecule has 0 heterocycles. The number of hydrogen-bond acceptors (Lipinski definition) is 0. The highest BCUT2D eigenvalue weighted by atomic mass is 19.4. The Bertz CT molecular complexity index is 142. The molecule has 1 fully saturated rings. The monoisotopic (exact) mass is 184 g/mol. The number of halogens is 4. The Labute approximate surface area is 69.0 Å². The van der Waals surface area contributed by atoms with E-state index in [2.05, 4.69) is 0 Å². The Morgan fingerprint density at radius 1 is 1.17 bits per heavy atom. The Morgan fingerprint density at radius 3 is 2.08 bits per heavy atom. The van der Waals surface area contributed by atoms with Crippen LogP contribution in [0.5, 0.6) is 0 Å². The molecule has 0 N–H and O–H groups in total. The second-order valence-electron chi connectivity index (χ2n) is 3.49. The molecule has 0 bridgehead atoms. The van der Waals surface area contributed by atoms with E-state index in [9.17, 15) is 17.6 Å². The van der Waals surface area contributed by atoms with Crippen molar-refractivity contribution in [2.45, 2.75) is 38.5 Å². The molecular formula is C8H12F4. The number of alkyl halides is 4. The summed E-state index contributed by atoms with van der Waals surface area (Å²) < 4.78 is 49.5. The SMILES string of the molecule is C[C@@H]1CCC[C@@H](F)C1C(F)(F)F. The molecule has 1 unspecified atom stereocenters. The lowest BCUT2D eigenvalue weighted by molar-refractivity contribution is -0.211. The van der Waals surface area contributed by atoms with Gasteiger partial charge in [-0.15, -0.1) is 0 Å². The van der Waals surface area contributed by atoms with Gasteiger partial charge in [0.2, 0.25) is 0 Å². The summed E-state index contributed by atoms with van der Waals surface area (Å²) >= 11 is 0. The Balaban J connectivity index is 2.69. The summed E-state index contributed by atoms with van der Waals surface area (Å²) in [6, 6.07) is 0. The molecule has 4 heteroatoms. The summed E-state index contributed by atoms with van der Waals surface area (Å²) in [5, 5.41) is 0. The molecule has 12 heavy (non-hydrogen) atoms. The molecule has 3 atom stereocenters. The van der Waals surface area contributed by atoms with Gasteiger partial charge in [0, 0.05) is 0 Å². The average molecular weight is 184 g/mol. The van der Waals surface area contributed by atoms with Crippen molar-refractivity contribution in [3.05, 3.63) is 0 Å². The topological polar surface area (TPSA) is 0 Å². The molecule has 0 aromatic heterocycles. The molecule has 1 aliphatic rings. The highest BCUT2D eigenvalue weighted by molar-refractivity contribution is 4.84. The third kappa shape index (κ3) is 1.90. The summed E-state index contributed by atoms with van der Waals surface area (Å²) in [5.41, 5.74) is 0. The average Bonchev–Trinajstić information content (AvgIpc) is 1.82. The van der Waals surface area contributed by atoms with Gasteiger partial charge in [-0.1, -0.05) is 13.3 Å². The van der Waals surface area contributed by atoms with E-state index in [-0.39, 0.29) is 6.42 Å². The van der Waals surface area contributed by atoms with Gasteiger partial charge in [-0.25, -0.2) is 4.39 Å². The van der Waals surface area contributed by atoms with Crippen LogP contribution in [0.3, 0.4) is 0 Å². The summed E-state index contributed by atoms with van der Waals surface area (Å²) in [5.74, 6) is -2.29. The van der Waals surface area contributed by atoms with Crippen LogP contribution in [-0.4, -0.2) is 12.3 Å². The minimum Gasteiger partial charge on any atom is -0.247 e. The molecule has 1 rings (SSSR count). The van der Waals surface area contributed by atoms with Crippen LogP contribution in [0.15, 0.2) is 0 Å².